The monoisotopic (exact) mass is 255 g/mol. The fraction of sp³-hybridized carbons (Fsp3) is 0.417. The number of halogens is 1. The number of rotatable bonds is 4. The summed E-state index contributed by atoms with van der Waals surface area (Å²) in [5, 5.41) is 10.5. The van der Waals surface area contributed by atoms with Crippen LogP contribution in [-0.2, 0) is 4.74 Å². The highest BCUT2D eigenvalue weighted by Gasteiger charge is 2.20. The van der Waals surface area contributed by atoms with Crippen LogP contribution in [-0.4, -0.2) is 17.0 Å². The maximum absolute atomic E-state index is 13.1. The Morgan fingerprint density at radius 1 is 1.39 bits per heavy atom. The average molecular weight is 255 g/mol. The molecule has 0 aliphatic heterocycles. The van der Waals surface area contributed by atoms with Gasteiger partial charge in [0.25, 0.3) is 0 Å². The van der Waals surface area contributed by atoms with Crippen LogP contribution in [0.1, 0.15) is 31.1 Å². The molecule has 0 saturated heterocycles. The summed E-state index contributed by atoms with van der Waals surface area (Å²) in [5.74, 6) is -1.54. The van der Waals surface area contributed by atoms with Gasteiger partial charge >= 0.3 is 11.7 Å². The van der Waals surface area contributed by atoms with E-state index in [0.29, 0.717) is 0 Å². The number of carbonyl (C=O) groups is 1. The maximum Gasteiger partial charge on any atom is 0.338 e. The van der Waals surface area contributed by atoms with Crippen LogP contribution in [0.2, 0.25) is 0 Å². The molecule has 1 rings (SSSR count). The van der Waals surface area contributed by atoms with Crippen LogP contribution in [0.3, 0.4) is 0 Å². The SMILES string of the molecule is CC(C)C(C)OC(=O)c1ccc(F)c([N+](=O)[O-])c1. The quantitative estimate of drug-likeness (QED) is 0.471. The highest BCUT2D eigenvalue weighted by molar-refractivity contribution is 5.90. The lowest BCUT2D eigenvalue weighted by molar-refractivity contribution is -0.387. The van der Waals surface area contributed by atoms with Gasteiger partial charge in [-0.25, -0.2) is 4.79 Å². The van der Waals surface area contributed by atoms with Gasteiger partial charge in [0.05, 0.1) is 10.5 Å². The molecule has 0 aromatic heterocycles. The number of hydrogen-bond acceptors (Lipinski definition) is 4. The first kappa shape index (κ1) is 14.1. The molecule has 0 fully saturated rings. The van der Waals surface area contributed by atoms with E-state index in [1.54, 1.807) is 6.92 Å². The number of ether oxygens (including phenoxy) is 1. The highest BCUT2D eigenvalue weighted by atomic mass is 19.1. The van der Waals surface area contributed by atoms with E-state index in [4.69, 9.17) is 4.74 Å². The number of nitro groups is 1. The number of benzene rings is 1. The van der Waals surface area contributed by atoms with Crippen LogP contribution >= 0.6 is 0 Å². The Hall–Kier alpha value is -1.98. The largest absolute Gasteiger partial charge is 0.459 e. The molecule has 0 bridgehead atoms. The topological polar surface area (TPSA) is 69.4 Å². The van der Waals surface area contributed by atoms with Crippen LogP contribution in [0.5, 0.6) is 0 Å². The summed E-state index contributed by atoms with van der Waals surface area (Å²) in [6.07, 6.45) is -0.318. The van der Waals surface area contributed by atoms with Crippen molar-refractivity contribution in [3.05, 3.63) is 39.7 Å². The van der Waals surface area contributed by atoms with Gasteiger partial charge in [0.15, 0.2) is 0 Å². The van der Waals surface area contributed by atoms with Crippen LogP contribution in [0.15, 0.2) is 18.2 Å². The van der Waals surface area contributed by atoms with Crippen molar-refractivity contribution in [3.63, 3.8) is 0 Å². The van der Waals surface area contributed by atoms with Crippen LogP contribution in [0.4, 0.5) is 10.1 Å². The van der Waals surface area contributed by atoms with E-state index in [1.807, 2.05) is 13.8 Å². The molecular weight excluding hydrogens is 241 g/mol. The molecule has 0 saturated carbocycles. The van der Waals surface area contributed by atoms with Crippen molar-refractivity contribution >= 4 is 11.7 Å². The molecule has 0 heterocycles. The van der Waals surface area contributed by atoms with E-state index < -0.39 is 22.4 Å². The summed E-state index contributed by atoms with van der Waals surface area (Å²) in [4.78, 5) is 21.3. The molecule has 0 aliphatic carbocycles. The zero-order chi connectivity index (χ0) is 13.9. The summed E-state index contributed by atoms with van der Waals surface area (Å²) in [7, 11) is 0. The van der Waals surface area contributed by atoms with Gasteiger partial charge in [0, 0.05) is 6.07 Å². The lowest BCUT2D eigenvalue weighted by Crippen LogP contribution is -2.20. The molecule has 0 aliphatic rings. The summed E-state index contributed by atoms with van der Waals surface area (Å²) in [6, 6.07) is 2.93. The molecule has 6 heteroatoms. The molecule has 0 spiro atoms. The molecule has 98 valence electrons. The summed E-state index contributed by atoms with van der Waals surface area (Å²) in [6.45, 7) is 5.48. The van der Waals surface area contributed by atoms with Gasteiger partial charge in [-0.05, 0) is 25.0 Å². The summed E-state index contributed by atoms with van der Waals surface area (Å²) < 4.78 is 18.2. The van der Waals surface area contributed by atoms with Crippen molar-refractivity contribution in [1.82, 2.24) is 0 Å². The van der Waals surface area contributed by atoms with E-state index in [-0.39, 0.29) is 17.6 Å². The maximum atomic E-state index is 13.1. The van der Waals surface area contributed by atoms with Gasteiger partial charge < -0.3 is 4.74 Å². The first-order chi connectivity index (χ1) is 8.32. The number of carbonyl (C=O) groups excluding carboxylic acids is 1. The fourth-order valence-electron chi connectivity index (χ4n) is 1.15. The number of nitro benzene ring substituents is 1. The second-order valence-electron chi connectivity index (χ2n) is 4.28. The van der Waals surface area contributed by atoms with Gasteiger partial charge in [-0.3, -0.25) is 10.1 Å². The van der Waals surface area contributed by atoms with Crippen molar-refractivity contribution < 1.29 is 18.8 Å². The van der Waals surface area contributed by atoms with Crippen LogP contribution in [0, 0.1) is 21.8 Å². The van der Waals surface area contributed by atoms with E-state index in [2.05, 4.69) is 0 Å². The lowest BCUT2D eigenvalue weighted by atomic mass is 10.1. The number of nitrogens with zero attached hydrogens (tertiary/aromatic N) is 1. The predicted molar refractivity (Wildman–Crippen MR) is 62.8 cm³/mol. The van der Waals surface area contributed by atoms with E-state index in [1.165, 1.54) is 0 Å². The standard InChI is InChI=1S/C12H14FNO4/c1-7(2)8(3)18-12(15)9-4-5-10(13)11(6-9)14(16)17/h4-8H,1-3H3. The Kier molecular flexibility index (Phi) is 4.36. The molecule has 1 unspecified atom stereocenters. The van der Waals surface area contributed by atoms with Crippen molar-refractivity contribution in [2.45, 2.75) is 26.9 Å². The minimum Gasteiger partial charge on any atom is -0.459 e. The Bertz CT molecular complexity index is 473. The first-order valence-electron chi connectivity index (χ1n) is 5.48. The molecule has 5 nitrogen and oxygen atoms in total. The van der Waals surface area contributed by atoms with Crippen molar-refractivity contribution in [3.8, 4) is 0 Å². The zero-order valence-corrected chi connectivity index (χ0v) is 10.3. The minimum absolute atomic E-state index is 0.0319. The molecule has 1 aromatic rings. The Morgan fingerprint density at radius 3 is 2.50 bits per heavy atom. The molecule has 0 N–H and O–H groups in total. The third-order valence-corrected chi connectivity index (χ3v) is 2.61. The van der Waals surface area contributed by atoms with Gasteiger partial charge in [-0.15, -0.1) is 0 Å². The number of esters is 1. The molecular formula is C12H14FNO4. The van der Waals surface area contributed by atoms with Crippen LogP contribution in [0.25, 0.3) is 0 Å². The smallest absolute Gasteiger partial charge is 0.338 e. The van der Waals surface area contributed by atoms with E-state index in [9.17, 15) is 19.3 Å². The summed E-state index contributed by atoms with van der Waals surface area (Å²) in [5.41, 5.74) is -0.766. The molecule has 18 heavy (non-hydrogen) atoms. The molecule has 0 amide bonds. The van der Waals surface area contributed by atoms with Crippen LogP contribution < -0.4 is 0 Å². The van der Waals surface area contributed by atoms with Crippen molar-refractivity contribution in [1.29, 1.82) is 0 Å². The molecule has 1 aromatic carbocycles. The Morgan fingerprint density at radius 2 is 2.00 bits per heavy atom. The van der Waals surface area contributed by atoms with Gasteiger partial charge in [0.2, 0.25) is 5.82 Å². The van der Waals surface area contributed by atoms with E-state index >= 15 is 0 Å². The predicted octanol–water partition coefficient (Wildman–Crippen LogP) is 2.94. The molecule has 0 radical (unpaired) electrons. The van der Waals surface area contributed by atoms with Crippen molar-refractivity contribution in [2.75, 3.05) is 0 Å². The average Bonchev–Trinajstić information content (AvgIpc) is 2.28. The van der Waals surface area contributed by atoms with Gasteiger partial charge in [0.1, 0.15) is 6.10 Å². The van der Waals surface area contributed by atoms with Gasteiger partial charge in [-0.2, -0.15) is 4.39 Å². The van der Waals surface area contributed by atoms with Crippen molar-refractivity contribution in [2.24, 2.45) is 5.92 Å². The van der Waals surface area contributed by atoms with Gasteiger partial charge in [-0.1, -0.05) is 13.8 Å². The zero-order valence-electron chi connectivity index (χ0n) is 10.3. The third-order valence-electron chi connectivity index (χ3n) is 2.61. The van der Waals surface area contributed by atoms with E-state index in [0.717, 1.165) is 18.2 Å². The normalized spacial score (nSPS) is 12.3. The highest BCUT2D eigenvalue weighted by Crippen LogP contribution is 2.20. The summed E-state index contributed by atoms with van der Waals surface area (Å²) >= 11 is 0. The Balaban J connectivity index is 2.94. The number of hydrogen-bond donors (Lipinski definition) is 0. The first-order valence-corrected chi connectivity index (χ1v) is 5.48. The Labute approximate surface area is 104 Å². The second-order valence-corrected chi connectivity index (χ2v) is 4.28. The second kappa shape index (κ2) is 5.57. The third kappa shape index (κ3) is 3.26. The fourth-order valence-corrected chi connectivity index (χ4v) is 1.15. The minimum atomic E-state index is -0.978. The molecule has 1 atom stereocenters. The lowest BCUT2D eigenvalue weighted by Gasteiger charge is -2.16.